The van der Waals surface area contributed by atoms with Crippen LogP contribution in [-0.4, -0.2) is 18.4 Å². The number of aryl methyl sites for hydroxylation is 1. The highest BCUT2D eigenvalue weighted by Gasteiger charge is 2.07. The second kappa shape index (κ2) is 10.7. The van der Waals surface area contributed by atoms with Gasteiger partial charge in [0.1, 0.15) is 5.75 Å². The lowest BCUT2D eigenvalue weighted by molar-refractivity contribution is -0.118. The molecule has 0 radical (unpaired) electrons. The van der Waals surface area contributed by atoms with Gasteiger partial charge in [0.25, 0.3) is 5.91 Å². The van der Waals surface area contributed by atoms with E-state index < -0.39 is 0 Å². The summed E-state index contributed by atoms with van der Waals surface area (Å²) in [6.45, 7) is 3.97. The van der Waals surface area contributed by atoms with Crippen molar-refractivity contribution < 1.29 is 14.3 Å². The molecule has 6 heteroatoms. The van der Waals surface area contributed by atoms with Crippen LogP contribution in [0.1, 0.15) is 38.2 Å². The zero-order chi connectivity index (χ0) is 19.6. The Morgan fingerprint density at radius 1 is 1.00 bits per heavy atom. The zero-order valence-electron chi connectivity index (χ0n) is 15.7. The number of rotatable bonds is 9. The first-order chi connectivity index (χ1) is 13.0. The van der Waals surface area contributed by atoms with Crippen LogP contribution in [0.2, 0.25) is 0 Å². The van der Waals surface area contributed by atoms with E-state index in [0.29, 0.717) is 23.5 Å². The van der Waals surface area contributed by atoms with Gasteiger partial charge in [0.15, 0.2) is 6.61 Å². The Balaban J connectivity index is 1.84. The highest BCUT2D eigenvalue weighted by molar-refractivity contribution is 9.10. The van der Waals surface area contributed by atoms with E-state index in [2.05, 4.69) is 33.5 Å². The van der Waals surface area contributed by atoms with Gasteiger partial charge in [-0.15, -0.1) is 0 Å². The first-order valence-electron chi connectivity index (χ1n) is 9.06. The Hall–Kier alpha value is -2.34. The molecule has 0 saturated heterocycles. The average Bonchev–Trinajstić information content (AvgIpc) is 2.63. The van der Waals surface area contributed by atoms with Crippen LogP contribution in [-0.2, 0) is 9.59 Å². The number of halogens is 1. The molecule has 0 bridgehead atoms. The molecule has 0 unspecified atom stereocenters. The Bertz CT molecular complexity index is 793. The Labute approximate surface area is 168 Å². The number of nitrogens with one attached hydrogen (secondary N) is 2. The standard InChI is InChI=1S/C21H25BrN2O3/c1-3-4-5-9-20(25)23-16-7-6-8-17(13-16)24-21(26)14-27-18-10-11-19(22)15(2)12-18/h6-8,10-13H,3-5,9,14H2,1-2H3,(H,23,25)(H,24,26). The minimum Gasteiger partial charge on any atom is -0.484 e. The van der Waals surface area contributed by atoms with Crippen molar-refractivity contribution in [1.82, 2.24) is 0 Å². The lowest BCUT2D eigenvalue weighted by Crippen LogP contribution is -2.20. The highest BCUT2D eigenvalue weighted by Crippen LogP contribution is 2.21. The van der Waals surface area contributed by atoms with E-state index in [0.717, 1.165) is 29.3 Å². The number of unbranched alkanes of at least 4 members (excludes halogenated alkanes) is 2. The molecule has 0 aliphatic carbocycles. The lowest BCUT2D eigenvalue weighted by Gasteiger charge is -2.10. The number of hydrogen-bond donors (Lipinski definition) is 2. The molecule has 144 valence electrons. The average molecular weight is 433 g/mol. The van der Waals surface area contributed by atoms with Gasteiger partial charge in [0.05, 0.1) is 0 Å². The molecule has 0 heterocycles. The molecular weight excluding hydrogens is 408 g/mol. The normalized spacial score (nSPS) is 10.3. The Morgan fingerprint density at radius 2 is 1.70 bits per heavy atom. The third-order valence-corrected chi connectivity index (χ3v) is 4.83. The van der Waals surface area contributed by atoms with Gasteiger partial charge < -0.3 is 15.4 Å². The molecule has 27 heavy (non-hydrogen) atoms. The van der Waals surface area contributed by atoms with Crippen LogP contribution in [0.4, 0.5) is 11.4 Å². The topological polar surface area (TPSA) is 67.4 Å². The smallest absolute Gasteiger partial charge is 0.262 e. The van der Waals surface area contributed by atoms with Gasteiger partial charge in [0, 0.05) is 22.3 Å². The van der Waals surface area contributed by atoms with Gasteiger partial charge in [-0.3, -0.25) is 9.59 Å². The summed E-state index contributed by atoms with van der Waals surface area (Å²) in [5.74, 6) is 0.363. The number of hydrogen-bond acceptors (Lipinski definition) is 3. The second-order valence-corrected chi connectivity index (χ2v) is 7.19. The van der Waals surface area contributed by atoms with Crippen LogP contribution < -0.4 is 15.4 Å². The summed E-state index contributed by atoms with van der Waals surface area (Å²) in [6.07, 6.45) is 3.51. The molecule has 2 aromatic rings. The van der Waals surface area contributed by atoms with E-state index in [4.69, 9.17) is 4.74 Å². The molecule has 0 aromatic heterocycles. The van der Waals surface area contributed by atoms with E-state index in [9.17, 15) is 9.59 Å². The van der Waals surface area contributed by atoms with Gasteiger partial charge >= 0.3 is 0 Å². The van der Waals surface area contributed by atoms with Gasteiger partial charge in [-0.05, 0) is 55.3 Å². The number of amides is 2. The van der Waals surface area contributed by atoms with Crippen molar-refractivity contribution in [2.24, 2.45) is 0 Å². The van der Waals surface area contributed by atoms with Crippen LogP contribution in [0.15, 0.2) is 46.9 Å². The van der Waals surface area contributed by atoms with Crippen molar-refractivity contribution in [2.75, 3.05) is 17.2 Å². The van der Waals surface area contributed by atoms with Gasteiger partial charge in [0.2, 0.25) is 5.91 Å². The van der Waals surface area contributed by atoms with E-state index in [1.807, 2.05) is 19.1 Å². The van der Waals surface area contributed by atoms with E-state index >= 15 is 0 Å². The fourth-order valence-corrected chi connectivity index (χ4v) is 2.73. The fourth-order valence-electron chi connectivity index (χ4n) is 2.49. The number of carbonyl (C=O) groups excluding carboxylic acids is 2. The predicted octanol–water partition coefficient (Wildman–Crippen LogP) is 5.29. The van der Waals surface area contributed by atoms with E-state index in [1.54, 1.807) is 30.3 Å². The quantitative estimate of drug-likeness (QED) is 0.528. The summed E-state index contributed by atoms with van der Waals surface area (Å²) in [5.41, 5.74) is 2.32. The Kier molecular flexibility index (Phi) is 8.33. The summed E-state index contributed by atoms with van der Waals surface area (Å²) in [6, 6.07) is 12.7. The molecule has 0 saturated carbocycles. The van der Waals surface area contributed by atoms with E-state index in [-0.39, 0.29) is 18.4 Å². The summed E-state index contributed by atoms with van der Waals surface area (Å²) in [4.78, 5) is 24.0. The highest BCUT2D eigenvalue weighted by atomic mass is 79.9. The third kappa shape index (κ3) is 7.43. The van der Waals surface area contributed by atoms with Crippen LogP contribution in [0.3, 0.4) is 0 Å². The molecular formula is C21H25BrN2O3. The SMILES string of the molecule is CCCCCC(=O)Nc1cccc(NC(=O)COc2ccc(Br)c(C)c2)c1. The maximum absolute atomic E-state index is 12.1. The number of carbonyl (C=O) groups is 2. The first kappa shape index (κ1) is 21.0. The Morgan fingerprint density at radius 3 is 2.37 bits per heavy atom. The minimum absolute atomic E-state index is 0.0131. The van der Waals surface area contributed by atoms with Crippen molar-refractivity contribution in [1.29, 1.82) is 0 Å². The summed E-state index contributed by atoms with van der Waals surface area (Å²) < 4.78 is 6.52. The summed E-state index contributed by atoms with van der Waals surface area (Å²) >= 11 is 3.43. The van der Waals surface area contributed by atoms with Crippen molar-refractivity contribution >= 4 is 39.1 Å². The molecule has 0 aliphatic heterocycles. The van der Waals surface area contributed by atoms with Crippen LogP contribution >= 0.6 is 15.9 Å². The van der Waals surface area contributed by atoms with Crippen molar-refractivity contribution in [3.63, 3.8) is 0 Å². The van der Waals surface area contributed by atoms with Crippen molar-refractivity contribution in [3.05, 3.63) is 52.5 Å². The van der Waals surface area contributed by atoms with Crippen molar-refractivity contribution in [2.45, 2.75) is 39.5 Å². The summed E-state index contributed by atoms with van der Waals surface area (Å²) in [7, 11) is 0. The number of anilines is 2. The fraction of sp³-hybridized carbons (Fsp3) is 0.333. The van der Waals surface area contributed by atoms with Crippen molar-refractivity contribution in [3.8, 4) is 5.75 Å². The molecule has 5 nitrogen and oxygen atoms in total. The van der Waals surface area contributed by atoms with E-state index in [1.165, 1.54) is 0 Å². The zero-order valence-corrected chi connectivity index (χ0v) is 17.3. The molecule has 2 aromatic carbocycles. The molecule has 0 spiro atoms. The maximum atomic E-state index is 12.1. The lowest BCUT2D eigenvalue weighted by atomic mass is 10.2. The molecule has 0 fully saturated rings. The van der Waals surface area contributed by atoms with Gasteiger partial charge in [-0.25, -0.2) is 0 Å². The van der Waals surface area contributed by atoms with Crippen LogP contribution in [0, 0.1) is 6.92 Å². The van der Waals surface area contributed by atoms with Crippen LogP contribution in [0.5, 0.6) is 5.75 Å². The molecule has 2 rings (SSSR count). The third-order valence-electron chi connectivity index (χ3n) is 3.94. The van der Waals surface area contributed by atoms with Gasteiger partial charge in [-0.1, -0.05) is 41.8 Å². The second-order valence-electron chi connectivity index (χ2n) is 6.33. The monoisotopic (exact) mass is 432 g/mol. The molecule has 0 atom stereocenters. The largest absolute Gasteiger partial charge is 0.484 e. The summed E-state index contributed by atoms with van der Waals surface area (Å²) in [5, 5.41) is 5.64. The predicted molar refractivity (Wildman–Crippen MR) is 112 cm³/mol. The number of benzene rings is 2. The molecule has 0 aliphatic rings. The van der Waals surface area contributed by atoms with Crippen LogP contribution in [0.25, 0.3) is 0 Å². The first-order valence-corrected chi connectivity index (χ1v) is 9.86. The maximum Gasteiger partial charge on any atom is 0.262 e. The molecule has 2 amide bonds. The minimum atomic E-state index is -0.262. The molecule has 2 N–H and O–H groups in total. The van der Waals surface area contributed by atoms with Gasteiger partial charge in [-0.2, -0.15) is 0 Å². The number of ether oxygens (including phenoxy) is 1.